The highest BCUT2D eigenvalue weighted by Crippen LogP contribution is 2.29. The van der Waals surface area contributed by atoms with Crippen LogP contribution in [0.3, 0.4) is 0 Å². The van der Waals surface area contributed by atoms with E-state index in [4.69, 9.17) is 16.3 Å². The predicted molar refractivity (Wildman–Crippen MR) is 102 cm³/mol. The van der Waals surface area contributed by atoms with Gasteiger partial charge in [0.05, 0.1) is 15.6 Å². The lowest BCUT2D eigenvalue weighted by Crippen LogP contribution is -2.30. The fraction of sp³-hybridized carbons (Fsp3) is 0.316. The Kier molecular flexibility index (Phi) is 6.21. The summed E-state index contributed by atoms with van der Waals surface area (Å²) in [6.07, 6.45) is -0.801. The molecule has 0 aromatic heterocycles. The van der Waals surface area contributed by atoms with Gasteiger partial charge in [-0.1, -0.05) is 37.6 Å². The molecule has 0 saturated heterocycles. The maximum atomic E-state index is 12.5. The molecule has 1 amide bonds. The molecule has 0 bridgehead atoms. The number of carbonyl (C=O) groups is 1. The van der Waals surface area contributed by atoms with Crippen LogP contribution in [0.25, 0.3) is 0 Å². The number of halogens is 1. The summed E-state index contributed by atoms with van der Waals surface area (Å²) in [7, 11) is 0. The van der Waals surface area contributed by atoms with E-state index in [2.05, 4.69) is 5.32 Å². The first-order valence-electron chi connectivity index (χ1n) is 8.21. The second kappa shape index (κ2) is 8.19. The molecule has 1 atom stereocenters. The number of nitro benzene ring substituents is 1. The van der Waals surface area contributed by atoms with Crippen LogP contribution in [0.4, 0.5) is 11.4 Å². The van der Waals surface area contributed by atoms with Crippen LogP contribution in [0.2, 0.25) is 5.02 Å². The molecule has 2 rings (SSSR count). The molecule has 138 valence electrons. The van der Waals surface area contributed by atoms with Crippen LogP contribution in [-0.2, 0) is 4.79 Å². The molecule has 0 fully saturated rings. The van der Waals surface area contributed by atoms with Gasteiger partial charge in [-0.3, -0.25) is 14.9 Å². The summed E-state index contributed by atoms with van der Waals surface area (Å²) in [6.45, 7) is 7.66. The van der Waals surface area contributed by atoms with Crippen molar-refractivity contribution in [1.82, 2.24) is 0 Å². The number of non-ortho nitro benzene ring substituents is 1. The molecule has 0 aliphatic heterocycles. The normalized spacial score (nSPS) is 11.9. The van der Waals surface area contributed by atoms with Crippen molar-refractivity contribution in [3.8, 4) is 5.75 Å². The van der Waals surface area contributed by atoms with Crippen molar-refractivity contribution < 1.29 is 14.5 Å². The van der Waals surface area contributed by atoms with Crippen LogP contribution >= 0.6 is 11.6 Å². The van der Waals surface area contributed by atoms with Crippen molar-refractivity contribution in [2.75, 3.05) is 5.32 Å². The van der Waals surface area contributed by atoms with Gasteiger partial charge in [0.1, 0.15) is 5.75 Å². The average Bonchev–Trinajstić information content (AvgIpc) is 2.56. The standard InChI is InChI=1S/C19H21ClN2O4/c1-11(2)15-7-5-12(3)9-18(15)26-13(4)19(23)21-17-10-14(22(24)25)6-8-16(17)20/h5-11,13H,1-4H3,(H,21,23)/t13-/m1/s1. The summed E-state index contributed by atoms with van der Waals surface area (Å²) >= 11 is 6.02. The van der Waals surface area contributed by atoms with Crippen LogP contribution in [-0.4, -0.2) is 16.9 Å². The molecule has 7 heteroatoms. The van der Waals surface area contributed by atoms with E-state index in [-0.39, 0.29) is 22.3 Å². The zero-order chi connectivity index (χ0) is 19.4. The number of ether oxygens (including phenoxy) is 1. The zero-order valence-electron chi connectivity index (χ0n) is 15.1. The Labute approximate surface area is 157 Å². The van der Waals surface area contributed by atoms with Crippen molar-refractivity contribution in [3.63, 3.8) is 0 Å². The Hall–Kier alpha value is -2.60. The van der Waals surface area contributed by atoms with E-state index < -0.39 is 16.9 Å². The van der Waals surface area contributed by atoms with E-state index in [1.54, 1.807) is 6.92 Å². The minimum Gasteiger partial charge on any atom is -0.481 e. The summed E-state index contributed by atoms with van der Waals surface area (Å²) in [6, 6.07) is 9.74. The lowest BCUT2D eigenvalue weighted by molar-refractivity contribution is -0.384. The topological polar surface area (TPSA) is 81.5 Å². The Morgan fingerprint density at radius 2 is 1.88 bits per heavy atom. The van der Waals surface area contributed by atoms with Crippen molar-refractivity contribution in [1.29, 1.82) is 0 Å². The lowest BCUT2D eigenvalue weighted by Gasteiger charge is -2.19. The molecule has 0 heterocycles. The molecule has 0 saturated carbocycles. The Morgan fingerprint density at radius 3 is 2.50 bits per heavy atom. The van der Waals surface area contributed by atoms with Crippen molar-refractivity contribution in [2.24, 2.45) is 0 Å². The number of amides is 1. The summed E-state index contributed by atoms with van der Waals surface area (Å²) in [5.74, 6) is 0.448. The molecular weight excluding hydrogens is 356 g/mol. The number of hydrogen-bond donors (Lipinski definition) is 1. The van der Waals surface area contributed by atoms with Crippen LogP contribution in [0, 0.1) is 17.0 Å². The summed E-state index contributed by atoms with van der Waals surface area (Å²) in [5, 5.41) is 13.7. The molecule has 0 aliphatic carbocycles. The van der Waals surface area contributed by atoms with Gasteiger partial charge in [0.2, 0.25) is 0 Å². The average molecular weight is 377 g/mol. The van der Waals surface area contributed by atoms with Gasteiger partial charge in [0, 0.05) is 12.1 Å². The predicted octanol–water partition coefficient (Wildman–Crippen LogP) is 5.09. The van der Waals surface area contributed by atoms with E-state index in [0.29, 0.717) is 5.75 Å². The minimum absolute atomic E-state index is 0.154. The van der Waals surface area contributed by atoms with Crippen LogP contribution < -0.4 is 10.1 Å². The SMILES string of the molecule is Cc1ccc(C(C)C)c(O[C@H](C)C(=O)Nc2cc([N+](=O)[O-])ccc2Cl)c1. The van der Waals surface area contributed by atoms with Crippen LogP contribution in [0.1, 0.15) is 37.8 Å². The number of rotatable bonds is 6. The van der Waals surface area contributed by atoms with Crippen molar-refractivity contribution in [2.45, 2.75) is 39.7 Å². The highest BCUT2D eigenvalue weighted by molar-refractivity contribution is 6.33. The summed E-state index contributed by atoms with van der Waals surface area (Å²) in [5.41, 5.74) is 2.05. The third-order valence-corrected chi connectivity index (χ3v) is 4.21. The van der Waals surface area contributed by atoms with Gasteiger partial charge in [-0.2, -0.15) is 0 Å². The molecule has 0 unspecified atom stereocenters. The van der Waals surface area contributed by atoms with Crippen molar-refractivity contribution >= 4 is 28.9 Å². The third-order valence-electron chi connectivity index (χ3n) is 3.88. The van der Waals surface area contributed by atoms with E-state index in [1.807, 2.05) is 39.0 Å². The van der Waals surface area contributed by atoms with E-state index in [9.17, 15) is 14.9 Å². The number of nitrogens with zero attached hydrogens (tertiary/aromatic N) is 1. The molecule has 6 nitrogen and oxygen atoms in total. The summed E-state index contributed by atoms with van der Waals surface area (Å²) in [4.78, 5) is 22.8. The van der Waals surface area contributed by atoms with Gasteiger partial charge in [-0.05, 0) is 43.0 Å². The molecule has 2 aromatic carbocycles. The third kappa shape index (κ3) is 4.73. The second-order valence-electron chi connectivity index (χ2n) is 6.37. The number of carbonyl (C=O) groups excluding carboxylic acids is 1. The highest BCUT2D eigenvalue weighted by atomic mass is 35.5. The van der Waals surface area contributed by atoms with Crippen LogP contribution in [0.5, 0.6) is 5.75 Å². The number of anilines is 1. The molecule has 0 spiro atoms. The second-order valence-corrected chi connectivity index (χ2v) is 6.77. The first kappa shape index (κ1) is 19.7. The van der Waals surface area contributed by atoms with Gasteiger partial charge in [-0.25, -0.2) is 0 Å². The number of nitro groups is 1. The zero-order valence-corrected chi connectivity index (χ0v) is 15.8. The van der Waals surface area contributed by atoms with Gasteiger partial charge in [0.15, 0.2) is 6.10 Å². The van der Waals surface area contributed by atoms with Gasteiger partial charge in [-0.15, -0.1) is 0 Å². The smallest absolute Gasteiger partial charge is 0.271 e. The molecule has 26 heavy (non-hydrogen) atoms. The lowest BCUT2D eigenvalue weighted by atomic mass is 10.0. The Bertz CT molecular complexity index is 836. The summed E-state index contributed by atoms with van der Waals surface area (Å²) < 4.78 is 5.85. The molecule has 2 aromatic rings. The van der Waals surface area contributed by atoms with Crippen molar-refractivity contribution in [3.05, 3.63) is 62.7 Å². The molecule has 0 aliphatic rings. The number of nitrogens with one attached hydrogen (secondary N) is 1. The maximum Gasteiger partial charge on any atom is 0.271 e. The molecule has 0 radical (unpaired) electrons. The van der Waals surface area contributed by atoms with Gasteiger partial charge in [0.25, 0.3) is 11.6 Å². The Morgan fingerprint density at radius 1 is 1.19 bits per heavy atom. The van der Waals surface area contributed by atoms with E-state index in [0.717, 1.165) is 11.1 Å². The number of hydrogen-bond acceptors (Lipinski definition) is 4. The fourth-order valence-electron chi connectivity index (χ4n) is 2.42. The first-order valence-corrected chi connectivity index (χ1v) is 8.59. The molecular formula is C19H21ClN2O4. The number of benzene rings is 2. The molecule has 1 N–H and O–H groups in total. The highest BCUT2D eigenvalue weighted by Gasteiger charge is 2.20. The van der Waals surface area contributed by atoms with E-state index in [1.165, 1.54) is 18.2 Å². The minimum atomic E-state index is -0.801. The van der Waals surface area contributed by atoms with Crippen LogP contribution in [0.15, 0.2) is 36.4 Å². The van der Waals surface area contributed by atoms with Gasteiger partial charge >= 0.3 is 0 Å². The van der Waals surface area contributed by atoms with E-state index >= 15 is 0 Å². The number of aryl methyl sites for hydroxylation is 1. The monoisotopic (exact) mass is 376 g/mol. The largest absolute Gasteiger partial charge is 0.481 e. The quantitative estimate of drug-likeness (QED) is 0.562. The first-order chi connectivity index (χ1) is 12.2. The Balaban J connectivity index is 2.18. The maximum absolute atomic E-state index is 12.5. The fourth-order valence-corrected chi connectivity index (χ4v) is 2.59. The van der Waals surface area contributed by atoms with Gasteiger partial charge < -0.3 is 10.1 Å².